The Labute approximate surface area is 65.4 Å². The number of nitrogens with zero attached hydrogens (tertiary/aromatic N) is 2. The molecule has 11 heavy (non-hydrogen) atoms. The highest BCUT2D eigenvalue weighted by atomic mass is 16.5. The summed E-state index contributed by atoms with van der Waals surface area (Å²) in [5.74, 6) is 0.472. The van der Waals surface area contributed by atoms with Crippen LogP contribution in [0.4, 0.5) is 5.69 Å². The first kappa shape index (κ1) is 7.78. The van der Waals surface area contributed by atoms with Crippen molar-refractivity contribution in [3.8, 4) is 5.88 Å². The number of nitrogens with two attached hydrogens (primary N) is 1. The Morgan fingerprint density at radius 3 is 2.82 bits per heavy atom. The van der Waals surface area contributed by atoms with E-state index in [9.17, 15) is 0 Å². The molecule has 4 heteroatoms. The largest absolute Gasteiger partial charge is 0.474 e. The van der Waals surface area contributed by atoms with Gasteiger partial charge in [-0.1, -0.05) is 0 Å². The molecule has 0 radical (unpaired) electrons. The Morgan fingerprint density at radius 2 is 2.27 bits per heavy atom. The van der Waals surface area contributed by atoms with E-state index >= 15 is 0 Å². The number of aromatic nitrogens is 2. The predicted molar refractivity (Wildman–Crippen MR) is 42.2 cm³/mol. The van der Waals surface area contributed by atoms with Crippen molar-refractivity contribution in [1.29, 1.82) is 0 Å². The smallest absolute Gasteiger partial charge is 0.235 e. The van der Waals surface area contributed by atoms with Gasteiger partial charge in [-0.3, -0.25) is 0 Å². The van der Waals surface area contributed by atoms with E-state index in [4.69, 9.17) is 10.5 Å². The SMILES string of the molecule is CC(C)Oc1cc(N)cnn1. The minimum Gasteiger partial charge on any atom is -0.474 e. The standard InChI is InChI=1S/C7H11N3O/c1-5(2)11-7-3-6(8)4-9-10-7/h3-5H,1-2H3,(H2,8,10). The van der Waals surface area contributed by atoms with Crippen LogP contribution in [0, 0.1) is 0 Å². The molecule has 0 fully saturated rings. The minimum absolute atomic E-state index is 0.103. The summed E-state index contributed by atoms with van der Waals surface area (Å²) in [6.45, 7) is 3.84. The van der Waals surface area contributed by atoms with Gasteiger partial charge >= 0.3 is 0 Å². The van der Waals surface area contributed by atoms with Gasteiger partial charge in [-0.2, -0.15) is 5.10 Å². The molecule has 0 aliphatic heterocycles. The van der Waals surface area contributed by atoms with Crippen molar-refractivity contribution >= 4 is 5.69 Å². The average molecular weight is 153 g/mol. The Bertz CT molecular complexity index is 237. The van der Waals surface area contributed by atoms with Gasteiger partial charge in [0.15, 0.2) is 0 Å². The number of hydrogen-bond acceptors (Lipinski definition) is 4. The van der Waals surface area contributed by atoms with E-state index in [1.807, 2.05) is 13.8 Å². The lowest BCUT2D eigenvalue weighted by atomic mass is 10.4. The van der Waals surface area contributed by atoms with E-state index in [1.165, 1.54) is 6.20 Å². The molecule has 0 amide bonds. The molecule has 0 aliphatic carbocycles. The second-order valence-electron chi connectivity index (χ2n) is 2.49. The van der Waals surface area contributed by atoms with Crippen molar-refractivity contribution in [2.45, 2.75) is 20.0 Å². The minimum atomic E-state index is 0.103. The first-order chi connectivity index (χ1) is 5.18. The molecule has 2 N–H and O–H groups in total. The highest BCUT2D eigenvalue weighted by Gasteiger charge is 1.98. The summed E-state index contributed by atoms with van der Waals surface area (Å²) >= 11 is 0. The van der Waals surface area contributed by atoms with Gasteiger partial charge in [0.2, 0.25) is 5.88 Å². The number of ether oxygens (including phenoxy) is 1. The summed E-state index contributed by atoms with van der Waals surface area (Å²) in [6.07, 6.45) is 1.58. The van der Waals surface area contributed by atoms with E-state index < -0.39 is 0 Å². The first-order valence-electron chi connectivity index (χ1n) is 3.43. The monoisotopic (exact) mass is 153 g/mol. The molecule has 1 aromatic rings. The quantitative estimate of drug-likeness (QED) is 0.684. The van der Waals surface area contributed by atoms with Crippen LogP contribution in [0.15, 0.2) is 12.3 Å². The molecule has 1 heterocycles. The number of hydrogen-bond donors (Lipinski definition) is 1. The third-order valence-electron chi connectivity index (χ3n) is 1.01. The van der Waals surface area contributed by atoms with Gasteiger partial charge in [0.05, 0.1) is 18.0 Å². The number of rotatable bonds is 2. The van der Waals surface area contributed by atoms with E-state index in [2.05, 4.69) is 10.2 Å². The molecule has 0 saturated carbocycles. The first-order valence-corrected chi connectivity index (χ1v) is 3.43. The molecule has 4 nitrogen and oxygen atoms in total. The lowest BCUT2D eigenvalue weighted by Gasteiger charge is -2.06. The topological polar surface area (TPSA) is 61.0 Å². The number of anilines is 1. The zero-order valence-electron chi connectivity index (χ0n) is 6.61. The van der Waals surface area contributed by atoms with Crippen molar-refractivity contribution in [2.24, 2.45) is 0 Å². The van der Waals surface area contributed by atoms with Crippen LogP contribution in [0.5, 0.6) is 5.88 Å². The predicted octanol–water partition coefficient (Wildman–Crippen LogP) is 0.846. The Morgan fingerprint density at radius 1 is 1.55 bits per heavy atom. The Hall–Kier alpha value is -1.32. The molecule has 0 aliphatic rings. The molecule has 60 valence electrons. The number of nitrogen functional groups attached to an aromatic ring is 1. The van der Waals surface area contributed by atoms with Crippen LogP contribution in [0.25, 0.3) is 0 Å². The van der Waals surface area contributed by atoms with Crippen molar-refractivity contribution in [3.05, 3.63) is 12.3 Å². The fourth-order valence-corrected chi connectivity index (χ4v) is 0.660. The van der Waals surface area contributed by atoms with Gasteiger partial charge in [-0.15, -0.1) is 5.10 Å². The van der Waals surface area contributed by atoms with Gasteiger partial charge in [0.1, 0.15) is 0 Å². The van der Waals surface area contributed by atoms with Crippen molar-refractivity contribution < 1.29 is 4.74 Å². The van der Waals surface area contributed by atoms with Crippen LogP contribution in [0.3, 0.4) is 0 Å². The fraction of sp³-hybridized carbons (Fsp3) is 0.429. The van der Waals surface area contributed by atoms with E-state index in [-0.39, 0.29) is 6.10 Å². The van der Waals surface area contributed by atoms with Crippen LogP contribution in [0.2, 0.25) is 0 Å². The van der Waals surface area contributed by atoms with Crippen molar-refractivity contribution in [2.75, 3.05) is 5.73 Å². The summed E-state index contributed by atoms with van der Waals surface area (Å²) in [5.41, 5.74) is 6.02. The van der Waals surface area contributed by atoms with Crippen LogP contribution in [-0.2, 0) is 0 Å². The normalized spacial score (nSPS) is 10.1. The average Bonchev–Trinajstić information content (AvgIpc) is 1.85. The van der Waals surface area contributed by atoms with E-state index in [1.54, 1.807) is 6.07 Å². The molecule has 0 saturated heterocycles. The van der Waals surface area contributed by atoms with Crippen LogP contribution in [0.1, 0.15) is 13.8 Å². The maximum absolute atomic E-state index is 5.45. The van der Waals surface area contributed by atoms with Crippen LogP contribution >= 0.6 is 0 Å². The summed E-state index contributed by atoms with van der Waals surface area (Å²) in [6, 6.07) is 1.65. The highest BCUT2D eigenvalue weighted by molar-refractivity contribution is 5.36. The lowest BCUT2D eigenvalue weighted by Crippen LogP contribution is -2.07. The molecule has 0 spiro atoms. The molecule has 0 unspecified atom stereocenters. The summed E-state index contributed by atoms with van der Waals surface area (Å²) in [5, 5.41) is 7.36. The molecule has 1 aromatic heterocycles. The van der Waals surface area contributed by atoms with Crippen LogP contribution < -0.4 is 10.5 Å². The Kier molecular flexibility index (Phi) is 2.25. The molecular formula is C7H11N3O. The zero-order chi connectivity index (χ0) is 8.27. The zero-order valence-corrected chi connectivity index (χ0v) is 6.61. The third kappa shape index (κ3) is 2.41. The molecule has 1 rings (SSSR count). The van der Waals surface area contributed by atoms with E-state index in [0.717, 1.165) is 0 Å². The van der Waals surface area contributed by atoms with Gasteiger partial charge < -0.3 is 10.5 Å². The van der Waals surface area contributed by atoms with Crippen molar-refractivity contribution in [1.82, 2.24) is 10.2 Å². The van der Waals surface area contributed by atoms with E-state index in [0.29, 0.717) is 11.6 Å². The molecular weight excluding hydrogens is 142 g/mol. The fourth-order valence-electron chi connectivity index (χ4n) is 0.660. The Balaban J connectivity index is 2.71. The second kappa shape index (κ2) is 3.18. The third-order valence-corrected chi connectivity index (χ3v) is 1.01. The molecule has 0 atom stereocenters. The maximum atomic E-state index is 5.45. The maximum Gasteiger partial charge on any atom is 0.235 e. The van der Waals surface area contributed by atoms with Gasteiger partial charge in [0, 0.05) is 6.07 Å². The summed E-state index contributed by atoms with van der Waals surface area (Å²) < 4.78 is 5.24. The van der Waals surface area contributed by atoms with Crippen LogP contribution in [-0.4, -0.2) is 16.3 Å². The van der Waals surface area contributed by atoms with Gasteiger partial charge in [0.25, 0.3) is 0 Å². The molecule has 0 bridgehead atoms. The summed E-state index contributed by atoms with van der Waals surface area (Å²) in [7, 11) is 0. The summed E-state index contributed by atoms with van der Waals surface area (Å²) in [4.78, 5) is 0. The van der Waals surface area contributed by atoms with Gasteiger partial charge in [-0.05, 0) is 13.8 Å². The van der Waals surface area contributed by atoms with Gasteiger partial charge in [-0.25, -0.2) is 0 Å². The highest BCUT2D eigenvalue weighted by Crippen LogP contribution is 2.09. The lowest BCUT2D eigenvalue weighted by molar-refractivity contribution is 0.230. The molecule has 0 aromatic carbocycles. The van der Waals surface area contributed by atoms with Crippen molar-refractivity contribution in [3.63, 3.8) is 0 Å². The second-order valence-corrected chi connectivity index (χ2v) is 2.49.